The van der Waals surface area contributed by atoms with Gasteiger partial charge in [-0.05, 0) is 11.6 Å². The first-order chi connectivity index (χ1) is 5.93. The third-order valence-electron chi connectivity index (χ3n) is 1.74. The molecule has 0 aromatic heterocycles. The van der Waals surface area contributed by atoms with Crippen molar-refractivity contribution in [2.24, 2.45) is 5.73 Å². The van der Waals surface area contributed by atoms with Crippen molar-refractivity contribution in [3.8, 4) is 0 Å². The summed E-state index contributed by atoms with van der Waals surface area (Å²) >= 11 is 5.81. The molecule has 0 saturated carbocycles. The Bertz CT molecular complexity index is 350. The van der Waals surface area contributed by atoms with E-state index in [0.717, 1.165) is 0 Å². The van der Waals surface area contributed by atoms with Crippen molar-refractivity contribution in [2.75, 3.05) is 6.66 Å². The van der Waals surface area contributed by atoms with Crippen molar-refractivity contribution in [1.29, 1.82) is 0 Å². The minimum atomic E-state index is -3.31. The van der Waals surface area contributed by atoms with Gasteiger partial charge in [0.15, 0.2) is 0 Å². The highest BCUT2D eigenvalue weighted by atomic mass is 35.5. The van der Waals surface area contributed by atoms with Crippen LogP contribution in [-0.4, -0.2) is 11.6 Å². The van der Waals surface area contributed by atoms with Gasteiger partial charge in [-0.2, -0.15) is 0 Å². The quantitative estimate of drug-likeness (QED) is 0.750. The molecule has 1 aromatic rings. The summed E-state index contributed by atoms with van der Waals surface area (Å²) in [7, 11) is -3.31. The summed E-state index contributed by atoms with van der Waals surface area (Å²) in [6.07, 6.45) is 0. The predicted octanol–water partition coefficient (Wildman–Crippen LogP) is 2.20. The van der Waals surface area contributed by atoms with E-state index in [4.69, 9.17) is 17.3 Å². The number of halogens is 1. The minimum absolute atomic E-state index is 0.422. The van der Waals surface area contributed by atoms with Crippen LogP contribution < -0.4 is 5.73 Å². The maximum Gasteiger partial charge on any atom is 0.218 e. The molecule has 3 N–H and O–H groups in total. The first-order valence-electron chi connectivity index (χ1n) is 3.73. The first-order valence-corrected chi connectivity index (χ1v) is 6.28. The van der Waals surface area contributed by atoms with Crippen LogP contribution in [0.3, 0.4) is 0 Å². The van der Waals surface area contributed by atoms with E-state index in [-0.39, 0.29) is 0 Å². The molecule has 0 heterocycles. The summed E-state index contributed by atoms with van der Waals surface area (Å²) in [4.78, 5) is 9.24. The van der Waals surface area contributed by atoms with Crippen molar-refractivity contribution in [3.05, 3.63) is 34.9 Å². The van der Waals surface area contributed by atoms with Crippen molar-refractivity contribution in [2.45, 2.75) is 5.78 Å². The first kappa shape index (κ1) is 10.7. The molecule has 0 fully saturated rings. The van der Waals surface area contributed by atoms with E-state index < -0.39 is 13.2 Å². The summed E-state index contributed by atoms with van der Waals surface area (Å²) in [5.74, 6) is -0.902. The Hall–Kier alpha value is -0.340. The third kappa shape index (κ3) is 2.55. The number of nitrogens with two attached hydrogens (primary N) is 1. The lowest BCUT2D eigenvalue weighted by Gasteiger charge is -2.16. The summed E-state index contributed by atoms with van der Waals surface area (Å²) in [5, 5.41) is 0.422. The average molecular weight is 220 g/mol. The number of hydrogen-bond donors (Lipinski definition) is 2. The smallest absolute Gasteiger partial charge is 0.218 e. The molecule has 0 aliphatic heterocycles. The molecule has 0 spiro atoms. The lowest BCUT2D eigenvalue weighted by atomic mass is 10.2. The second-order valence-electron chi connectivity index (χ2n) is 2.91. The van der Waals surface area contributed by atoms with Crippen LogP contribution in [0.25, 0.3) is 0 Å². The topological polar surface area (TPSA) is 63.3 Å². The lowest BCUT2D eigenvalue weighted by molar-refractivity contribution is 0.472. The van der Waals surface area contributed by atoms with Gasteiger partial charge >= 0.3 is 0 Å². The highest BCUT2D eigenvalue weighted by Crippen LogP contribution is 2.49. The molecular formula is C8H11ClNO2P. The molecule has 0 saturated heterocycles. The zero-order valence-electron chi connectivity index (χ0n) is 7.14. The Balaban J connectivity index is 3.09. The molecule has 2 atom stereocenters. The Labute approximate surface area is 82.0 Å². The molecule has 0 bridgehead atoms. The van der Waals surface area contributed by atoms with Gasteiger partial charge in [0, 0.05) is 11.7 Å². The fourth-order valence-electron chi connectivity index (χ4n) is 0.973. The van der Waals surface area contributed by atoms with Crippen LogP contribution in [0, 0.1) is 0 Å². The SMILES string of the molecule is CP(=O)(O)[C@H](N)c1ccccc1Cl. The van der Waals surface area contributed by atoms with Crippen LogP contribution in [0.2, 0.25) is 5.02 Å². The molecule has 72 valence electrons. The van der Waals surface area contributed by atoms with Gasteiger partial charge in [-0.15, -0.1) is 0 Å². The molecule has 1 rings (SSSR count). The zero-order valence-corrected chi connectivity index (χ0v) is 8.80. The summed E-state index contributed by atoms with van der Waals surface area (Å²) < 4.78 is 11.2. The van der Waals surface area contributed by atoms with Crippen LogP contribution in [-0.2, 0) is 4.57 Å². The summed E-state index contributed by atoms with van der Waals surface area (Å²) in [5.41, 5.74) is 6.09. The second kappa shape index (κ2) is 3.81. The van der Waals surface area contributed by atoms with E-state index in [9.17, 15) is 9.46 Å². The molecule has 0 aliphatic carbocycles. The summed E-state index contributed by atoms with van der Waals surface area (Å²) in [6, 6.07) is 6.78. The monoisotopic (exact) mass is 219 g/mol. The van der Waals surface area contributed by atoms with E-state index in [1.165, 1.54) is 6.66 Å². The predicted molar refractivity (Wildman–Crippen MR) is 54.1 cm³/mol. The summed E-state index contributed by atoms with van der Waals surface area (Å²) in [6.45, 7) is 1.22. The Morgan fingerprint density at radius 3 is 2.54 bits per heavy atom. The van der Waals surface area contributed by atoms with E-state index in [1.807, 2.05) is 0 Å². The number of hydrogen-bond acceptors (Lipinski definition) is 2. The zero-order chi connectivity index (χ0) is 10.1. The number of benzene rings is 1. The molecule has 0 aliphatic rings. The standard InChI is InChI=1S/C8H11ClNO2P/c1-13(11,12)8(10)6-4-2-3-5-7(6)9/h2-5,8H,10H2,1H3,(H,11,12)/t8-/m0/s1. The lowest BCUT2D eigenvalue weighted by Crippen LogP contribution is -2.10. The number of rotatable bonds is 2. The molecule has 13 heavy (non-hydrogen) atoms. The third-order valence-corrected chi connectivity index (χ3v) is 3.39. The molecule has 0 amide bonds. The van der Waals surface area contributed by atoms with Crippen molar-refractivity contribution in [1.82, 2.24) is 0 Å². The maximum atomic E-state index is 11.2. The van der Waals surface area contributed by atoms with E-state index >= 15 is 0 Å². The fourth-order valence-corrected chi connectivity index (χ4v) is 2.04. The van der Waals surface area contributed by atoms with Crippen molar-refractivity contribution in [3.63, 3.8) is 0 Å². The maximum absolute atomic E-state index is 11.2. The van der Waals surface area contributed by atoms with Gasteiger partial charge in [-0.25, -0.2) is 0 Å². The van der Waals surface area contributed by atoms with Gasteiger partial charge < -0.3 is 10.6 Å². The Morgan fingerprint density at radius 1 is 1.54 bits per heavy atom. The normalized spacial score (nSPS) is 17.8. The van der Waals surface area contributed by atoms with Crippen LogP contribution in [0.5, 0.6) is 0 Å². The largest absolute Gasteiger partial charge is 0.343 e. The van der Waals surface area contributed by atoms with Gasteiger partial charge in [0.1, 0.15) is 5.78 Å². The Kier molecular flexibility index (Phi) is 3.14. The molecule has 1 unspecified atom stereocenters. The van der Waals surface area contributed by atoms with E-state index in [2.05, 4.69) is 0 Å². The Morgan fingerprint density at radius 2 is 2.08 bits per heavy atom. The van der Waals surface area contributed by atoms with Gasteiger partial charge in [-0.3, -0.25) is 4.57 Å². The molecule has 1 aromatic carbocycles. The molecule has 0 radical (unpaired) electrons. The van der Waals surface area contributed by atoms with Gasteiger partial charge in [-0.1, -0.05) is 29.8 Å². The molecule has 3 nitrogen and oxygen atoms in total. The van der Waals surface area contributed by atoms with Crippen LogP contribution in [0.4, 0.5) is 0 Å². The highest BCUT2D eigenvalue weighted by molar-refractivity contribution is 7.57. The van der Waals surface area contributed by atoms with Crippen molar-refractivity contribution >= 4 is 19.0 Å². The van der Waals surface area contributed by atoms with Gasteiger partial charge in [0.05, 0.1) is 0 Å². The second-order valence-corrected chi connectivity index (χ2v) is 5.76. The minimum Gasteiger partial charge on any atom is -0.343 e. The molecule has 5 heteroatoms. The fraction of sp³-hybridized carbons (Fsp3) is 0.250. The van der Waals surface area contributed by atoms with E-state index in [1.54, 1.807) is 24.3 Å². The van der Waals surface area contributed by atoms with E-state index in [0.29, 0.717) is 10.6 Å². The highest BCUT2D eigenvalue weighted by Gasteiger charge is 2.24. The van der Waals surface area contributed by atoms with Gasteiger partial charge in [0.2, 0.25) is 7.37 Å². The van der Waals surface area contributed by atoms with Crippen LogP contribution >= 0.6 is 19.0 Å². The molecular weight excluding hydrogens is 209 g/mol. The van der Waals surface area contributed by atoms with Gasteiger partial charge in [0.25, 0.3) is 0 Å². The average Bonchev–Trinajstić information content (AvgIpc) is 2.02. The van der Waals surface area contributed by atoms with Crippen molar-refractivity contribution < 1.29 is 9.46 Å². The van der Waals surface area contributed by atoms with Crippen LogP contribution in [0.15, 0.2) is 24.3 Å². The van der Waals surface area contributed by atoms with Crippen LogP contribution in [0.1, 0.15) is 11.3 Å².